The third kappa shape index (κ3) is 4.41. The van der Waals surface area contributed by atoms with Crippen LogP contribution in [0, 0.1) is 5.82 Å². The molecule has 6 nitrogen and oxygen atoms in total. The molecule has 0 aliphatic heterocycles. The SMILES string of the molecule is CN(Cc1ccc(F)cc1)c1ccc(OCC(=O)O)nn1. The molecule has 110 valence electrons. The van der Waals surface area contributed by atoms with Crippen LogP contribution >= 0.6 is 0 Å². The minimum absolute atomic E-state index is 0.149. The van der Waals surface area contributed by atoms with Gasteiger partial charge in [0.2, 0.25) is 5.88 Å². The highest BCUT2D eigenvalue weighted by Crippen LogP contribution is 2.14. The first-order chi connectivity index (χ1) is 10.0. The van der Waals surface area contributed by atoms with Gasteiger partial charge in [-0.05, 0) is 23.8 Å². The molecule has 0 bridgehead atoms. The van der Waals surface area contributed by atoms with Crippen molar-refractivity contribution in [3.63, 3.8) is 0 Å². The Bertz CT molecular complexity index is 602. The molecule has 1 N–H and O–H groups in total. The Morgan fingerprint density at radius 3 is 2.52 bits per heavy atom. The van der Waals surface area contributed by atoms with Crippen LogP contribution in [0.15, 0.2) is 36.4 Å². The lowest BCUT2D eigenvalue weighted by Gasteiger charge is -2.17. The number of carboxylic acids is 1. The van der Waals surface area contributed by atoms with E-state index < -0.39 is 12.6 Å². The Labute approximate surface area is 120 Å². The number of benzene rings is 1. The molecular weight excluding hydrogens is 277 g/mol. The van der Waals surface area contributed by atoms with E-state index in [1.807, 2.05) is 11.9 Å². The molecule has 0 radical (unpaired) electrons. The Morgan fingerprint density at radius 2 is 1.95 bits per heavy atom. The summed E-state index contributed by atoms with van der Waals surface area (Å²) >= 11 is 0. The lowest BCUT2D eigenvalue weighted by Crippen LogP contribution is -2.18. The quantitative estimate of drug-likeness (QED) is 0.873. The number of hydrogen-bond donors (Lipinski definition) is 1. The van der Waals surface area contributed by atoms with Gasteiger partial charge in [0, 0.05) is 19.7 Å². The van der Waals surface area contributed by atoms with Crippen LogP contribution in [-0.2, 0) is 11.3 Å². The zero-order valence-electron chi connectivity index (χ0n) is 11.4. The molecule has 1 aromatic heterocycles. The number of anilines is 1. The molecule has 0 aliphatic rings. The van der Waals surface area contributed by atoms with Crippen LogP contribution in [0.3, 0.4) is 0 Å². The largest absolute Gasteiger partial charge is 0.479 e. The van der Waals surface area contributed by atoms with Crippen LogP contribution in [0.5, 0.6) is 5.88 Å². The Kier molecular flexibility index (Phi) is 4.65. The molecule has 0 saturated heterocycles. The Balaban J connectivity index is 1.97. The van der Waals surface area contributed by atoms with E-state index in [2.05, 4.69) is 10.2 Å². The van der Waals surface area contributed by atoms with Crippen LogP contribution in [0.1, 0.15) is 5.56 Å². The maximum atomic E-state index is 12.8. The van der Waals surface area contributed by atoms with Crippen LogP contribution in [0.4, 0.5) is 10.2 Å². The number of carboxylic acid groups (broad SMARTS) is 1. The van der Waals surface area contributed by atoms with Crippen molar-refractivity contribution in [3.8, 4) is 5.88 Å². The fraction of sp³-hybridized carbons (Fsp3) is 0.214. The van der Waals surface area contributed by atoms with E-state index in [-0.39, 0.29) is 11.7 Å². The van der Waals surface area contributed by atoms with Crippen molar-refractivity contribution in [1.29, 1.82) is 0 Å². The summed E-state index contributed by atoms with van der Waals surface area (Å²) in [5.74, 6) is -0.603. The molecule has 7 heteroatoms. The molecule has 0 amide bonds. The van der Waals surface area contributed by atoms with Crippen molar-refractivity contribution in [2.24, 2.45) is 0 Å². The zero-order chi connectivity index (χ0) is 15.2. The molecule has 0 fully saturated rings. The minimum Gasteiger partial charge on any atom is -0.479 e. The van der Waals surface area contributed by atoms with Gasteiger partial charge in [0.15, 0.2) is 12.4 Å². The van der Waals surface area contributed by atoms with E-state index >= 15 is 0 Å². The molecule has 0 unspecified atom stereocenters. The predicted octanol–water partition coefficient (Wildman–Crippen LogP) is 1.72. The summed E-state index contributed by atoms with van der Waals surface area (Å²) in [5, 5.41) is 16.2. The van der Waals surface area contributed by atoms with Crippen LogP contribution in [-0.4, -0.2) is 34.9 Å². The molecular formula is C14H14FN3O3. The van der Waals surface area contributed by atoms with E-state index in [0.29, 0.717) is 12.4 Å². The maximum Gasteiger partial charge on any atom is 0.341 e. The maximum absolute atomic E-state index is 12.8. The summed E-state index contributed by atoms with van der Waals surface area (Å²) in [6.07, 6.45) is 0. The summed E-state index contributed by atoms with van der Waals surface area (Å²) in [4.78, 5) is 12.2. The highest BCUT2D eigenvalue weighted by atomic mass is 19.1. The van der Waals surface area contributed by atoms with Gasteiger partial charge in [-0.1, -0.05) is 12.1 Å². The second-order valence-corrected chi connectivity index (χ2v) is 4.39. The highest BCUT2D eigenvalue weighted by molar-refractivity contribution is 5.68. The second kappa shape index (κ2) is 6.65. The summed E-state index contributed by atoms with van der Waals surface area (Å²) in [6.45, 7) is 0.0870. The van der Waals surface area contributed by atoms with Crippen LogP contribution < -0.4 is 9.64 Å². The summed E-state index contributed by atoms with van der Waals surface area (Å²) in [5.41, 5.74) is 0.937. The predicted molar refractivity (Wildman–Crippen MR) is 73.7 cm³/mol. The topological polar surface area (TPSA) is 75.5 Å². The van der Waals surface area contributed by atoms with Gasteiger partial charge < -0.3 is 14.7 Å². The van der Waals surface area contributed by atoms with Gasteiger partial charge >= 0.3 is 5.97 Å². The fourth-order valence-corrected chi connectivity index (χ4v) is 1.67. The standard InChI is InChI=1S/C14H14FN3O3/c1-18(8-10-2-4-11(15)5-3-10)12-6-7-13(17-16-12)21-9-14(19)20/h2-7H,8-9H2,1H3,(H,19,20). The number of carbonyl (C=O) groups is 1. The van der Waals surface area contributed by atoms with Gasteiger partial charge in [0.05, 0.1) is 0 Å². The number of halogens is 1. The Morgan fingerprint density at radius 1 is 1.24 bits per heavy atom. The van der Waals surface area contributed by atoms with Crippen molar-refractivity contribution in [2.75, 3.05) is 18.6 Å². The summed E-state index contributed by atoms with van der Waals surface area (Å²) < 4.78 is 17.7. The van der Waals surface area contributed by atoms with Gasteiger partial charge in [-0.25, -0.2) is 9.18 Å². The smallest absolute Gasteiger partial charge is 0.341 e. The van der Waals surface area contributed by atoms with Gasteiger partial charge in [0.25, 0.3) is 0 Å². The molecule has 1 aromatic carbocycles. The van der Waals surface area contributed by atoms with Crippen molar-refractivity contribution in [1.82, 2.24) is 10.2 Å². The fourth-order valence-electron chi connectivity index (χ4n) is 1.67. The average molecular weight is 291 g/mol. The number of hydrogen-bond acceptors (Lipinski definition) is 5. The minimum atomic E-state index is -1.07. The van der Waals surface area contributed by atoms with Crippen LogP contribution in [0.25, 0.3) is 0 Å². The van der Waals surface area contributed by atoms with E-state index in [1.54, 1.807) is 24.3 Å². The first-order valence-corrected chi connectivity index (χ1v) is 6.18. The number of aromatic nitrogens is 2. The number of aliphatic carboxylic acids is 1. The lowest BCUT2D eigenvalue weighted by molar-refractivity contribution is -0.139. The van der Waals surface area contributed by atoms with Crippen molar-refractivity contribution in [3.05, 3.63) is 47.8 Å². The monoisotopic (exact) mass is 291 g/mol. The molecule has 0 atom stereocenters. The number of ether oxygens (including phenoxy) is 1. The van der Waals surface area contributed by atoms with Gasteiger partial charge in [0.1, 0.15) is 5.82 Å². The first-order valence-electron chi connectivity index (χ1n) is 6.18. The normalized spacial score (nSPS) is 10.2. The third-order valence-electron chi connectivity index (χ3n) is 2.69. The molecule has 21 heavy (non-hydrogen) atoms. The summed E-state index contributed by atoms with van der Waals surface area (Å²) in [7, 11) is 1.82. The second-order valence-electron chi connectivity index (χ2n) is 4.39. The molecule has 2 rings (SSSR count). The van der Waals surface area contributed by atoms with E-state index in [9.17, 15) is 9.18 Å². The number of rotatable bonds is 6. The van der Waals surface area contributed by atoms with E-state index in [0.717, 1.165) is 5.56 Å². The van der Waals surface area contributed by atoms with Crippen molar-refractivity contribution < 1.29 is 19.0 Å². The Hall–Kier alpha value is -2.70. The molecule has 0 saturated carbocycles. The van der Waals surface area contributed by atoms with Crippen molar-refractivity contribution >= 4 is 11.8 Å². The number of nitrogens with zero attached hydrogens (tertiary/aromatic N) is 3. The van der Waals surface area contributed by atoms with Gasteiger partial charge in [-0.2, -0.15) is 0 Å². The van der Waals surface area contributed by atoms with Gasteiger partial charge in [-0.15, -0.1) is 10.2 Å². The van der Waals surface area contributed by atoms with Gasteiger partial charge in [-0.3, -0.25) is 0 Å². The highest BCUT2D eigenvalue weighted by Gasteiger charge is 2.06. The lowest BCUT2D eigenvalue weighted by atomic mass is 10.2. The zero-order valence-corrected chi connectivity index (χ0v) is 11.4. The first kappa shape index (κ1) is 14.7. The van der Waals surface area contributed by atoms with Crippen LogP contribution in [0.2, 0.25) is 0 Å². The van der Waals surface area contributed by atoms with E-state index in [1.165, 1.54) is 12.1 Å². The molecule has 1 heterocycles. The molecule has 2 aromatic rings. The molecule has 0 spiro atoms. The summed E-state index contributed by atoms with van der Waals surface area (Å²) in [6, 6.07) is 9.42. The van der Waals surface area contributed by atoms with E-state index in [4.69, 9.17) is 9.84 Å². The third-order valence-corrected chi connectivity index (χ3v) is 2.69. The van der Waals surface area contributed by atoms with Crippen molar-refractivity contribution in [2.45, 2.75) is 6.54 Å². The molecule has 0 aliphatic carbocycles. The average Bonchev–Trinajstić information content (AvgIpc) is 2.48.